The number of nitrogens with one attached hydrogen (secondary N) is 1. The van der Waals surface area contributed by atoms with Gasteiger partial charge < -0.3 is 0 Å². The fraction of sp³-hybridized carbons (Fsp3) is 0.0833. The van der Waals surface area contributed by atoms with Crippen molar-refractivity contribution >= 4 is 33.1 Å². The summed E-state index contributed by atoms with van der Waals surface area (Å²) in [7, 11) is -3.82. The quantitative estimate of drug-likeness (QED) is 0.690. The summed E-state index contributed by atoms with van der Waals surface area (Å²) in [5.41, 5.74) is 0.699. The first kappa shape index (κ1) is 14.4. The van der Waals surface area contributed by atoms with Gasteiger partial charge in [-0.15, -0.1) is 0 Å². The van der Waals surface area contributed by atoms with Crippen LogP contribution in [0.3, 0.4) is 0 Å². The van der Waals surface area contributed by atoms with Gasteiger partial charge in [0.05, 0.1) is 12.4 Å². The van der Waals surface area contributed by atoms with Crippen molar-refractivity contribution in [2.45, 2.75) is 11.8 Å². The predicted molar refractivity (Wildman–Crippen MR) is 74.3 cm³/mol. The Kier molecular flexibility index (Phi) is 4.01. The van der Waals surface area contributed by atoms with Crippen LogP contribution in [0.15, 0.2) is 41.6 Å². The highest BCUT2D eigenvalue weighted by Crippen LogP contribution is 2.17. The van der Waals surface area contributed by atoms with Crippen LogP contribution < -0.4 is 4.72 Å². The highest BCUT2D eigenvalue weighted by Gasteiger charge is 2.15. The lowest BCUT2D eigenvalue weighted by Gasteiger charge is -2.08. The molecule has 0 spiro atoms. The Morgan fingerprint density at radius 3 is 2.50 bits per heavy atom. The zero-order valence-corrected chi connectivity index (χ0v) is 11.9. The molecule has 0 aliphatic rings. The molecule has 2 rings (SSSR count). The summed E-state index contributed by atoms with van der Waals surface area (Å²) in [4.78, 5) is 18.4. The summed E-state index contributed by atoms with van der Waals surface area (Å²) in [6.07, 6.45) is 2.21. The molecule has 0 unspecified atom stereocenters. The maximum atomic E-state index is 12.1. The topological polar surface area (TPSA) is 89.0 Å². The van der Waals surface area contributed by atoms with E-state index in [1.807, 2.05) is 0 Å². The van der Waals surface area contributed by atoms with E-state index in [0.29, 0.717) is 5.56 Å². The number of halogens is 1. The molecule has 2 aromatic rings. The zero-order chi connectivity index (χ0) is 14.8. The Balaban J connectivity index is 2.31. The molecule has 1 aromatic carbocycles. The summed E-state index contributed by atoms with van der Waals surface area (Å²) in [6.45, 7) is 1.40. The largest absolute Gasteiger partial charge is 0.295 e. The standard InChI is InChI=1S/C12H10ClN3O3S/c1-8(17)9-3-2-4-10(5-9)16-20(18,19)11-6-14-12(13)15-7-11/h2-7,16H,1H3. The van der Waals surface area contributed by atoms with Crippen LogP contribution in [0.5, 0.6) is 0 Å². The molecule has 0 atom stereocenters. The summed E-state index contributed by atoms with van der Waals surface area (Å²) < 4.78 is 26.5. The van der Waals surface area contributed by atoms with Gasteiger partial charge in [-0.25, -0.2) is 18.4 Å². The monoisotopic (exact) mass is 311 g/mol. The molecule has 0 radical (unpaired) electrons. The summed E-state index contributed by atoms with van der Waals surface area (Å²) in [5, 5.41) is -0.0393. The molecule has 0 aliphatic heterocycles. The molecule has 0 fully saturated rings. The molecule has 0 saturated carbocycles. The van der Waals surface area contributed by atoms with Crippen molar-refractivity contribution < 1.29 is 13.2 Å². The number of benzene rings is 1. The van der Waals surface area contributed by atoms with Crippen LogP contribution in [-0.2, 0) is 10.0 Å². The smallest absolute Gasteiger partial charge is 0.264 e. The predicted octanol–water partition coefficient (Wildman–Crippen LogP) is 2.13. The molecule has 6 nitrogen and oxygen atoms in total. The number of ketones is 1. The molecule has 104 valence electrons. The minimum atomic E-state index is -3.82. The van der Waals surface area contributed by atoms with Gasteiger partial charge in [-0.3, -0.25) is 9.52 Å². The molecular weight excluding hydrogens is 302 g/mol. The molecule has 0 bridgehead atoms. The number of carbonyl (C=O) groups excluding carboxylic acids is 1. The second-order valence-electron chi connectivity index (χ2n) is 3.93. The maximum Gasteiger partial charge on any atom is 0.264 e. The summed E-state index contributed by atoms with van der Waals surface area (Å²) >= 11 is 5.50. The van der Waals surface area contributed by atoms with E-state index in [-0.39, 0.29) is 21.6 Å². The van der Waals surface area contributed by atoms with Crippen molar-refractivity contribution in [2.24, 2.45) is 0 Å². The number of rotatable bonds is 4. The number of hydrogen-bond donors (Lipinski definition) is 1. The number of sulfonamides is 1. The third-order valence-corrected chi connectivity index (χ3v) is 3.96. The first-order valence-corrected chi connectivity index (χ1v) is 7.36. The van der Waals surface area contributed by atoms with Gasteiger partial charge in [-0.1, -0.05) is 12.1 Å². The van der Waals surface area contributed by atoms with Crippen molar-refractivity contribution in [3.8, 4) is 0 Å². The van der Waals surface area contributed by atoms with E-state index in [2.05, 4.69) is 14.7 Å². The molecule has 1 N–H and O–H groups in total. The van der Waals surface area contributed by atoms with E-state index >= 15 is 0 Å². The van der Waals surface area contributed by atoms with Gasteiger partial charge in [-0.05, 0) is 30.7 Å². The van der Waals surface area contributed by atoms with Crippen LogP contribution in [-0.4, -0.2) is 24.2 Å². The third kappa shape index (κ3) is 3.31. The molecule has 8 heteroatoms. The Labute approximate surface area is 120 Å². The van der Waals surface area contributed by atoms with E-state index in [1.165, 1.54) is 13.0 Å². The van der Waals surface area contributed by atoms with E-state index in [9.17, 15) is 13.2 Å². The lowest BCUT2D eigenvalue weighted by Crippen LogP contribution is -2.14. The first-order chi connectivity index (χ1) is 9.38. The van der Waals surface area contributed by atoms with E-state index in [1.54, 1.807) is 18.2 Å². The fourth-order valence-electron chi connectivity index (χ4n) is 1.45. The Morgan fingerprint density at radius 2 is 1.90 bits per heavy atom. The number of carbonyl (C=O) groups is 1. The van der Waals surface area contributed by atoms with Gasteiger partial charge in [-0.2, -0.15) is 0 Å². The minimum absolute atomic E-state index is 0.0393. The average molecular weight is 312 g/mol. The van der Waals surface area contributed by atoms with Crippen LogP contribution in [0, 0.1) is 0 Å². The molecule has 0 aliphatic carbocycles. The average Bonchev–Trinajstić information content (AvgIpc) is 2.39. The highest BCUT2D eigenvalue weighted by atomic mass is 35.5. The van der Waals surface area contributed by atoms with Crippen LogP contribution in [0.1, 0.15) is 17.3 Å². The van der Waals surface area contributed by atoms with Crippen molar-refractivity contribution in [2.75, 3.05) is 4.72 Å². The molecule has 1 aromatic heterocycles. The van der Waals surface area contributed by atoms with Crippen molar-refractivity contribution in [1.82, 2.24) is 9.97 Å². The second-order valence-corrected chi connectivity index (χ2v) is 5.95. The lowest BCUT2D eigenvalue weighted by molar-refractivity contribution is 0.101. The normalized spacial score (nSPS) is 11.1. The van der Waals surface area contributed by atoms with Crippen LogP contribution >= 0.6 is 11.6 Å². The van der Waals surface area contributed by atoms with Crippen LogP contribution in [0.25, 0.3) is 0 Å². The van der Waals surface area contributed by atoms with Gasteiger partial charge in [0.2, 0.25) is 5.28 Å². The van der Waals surface area contributed by atoms with E-state index < -0.39 is 10.0 Å². The van der Waals surface area contributed by atoms with Crippen molar-refractivity contribution in [1.29, 1.82) is 0 Å². The van der Waals surface area contributed by atoms with Crippen molar-refractivity contribution in [3.63, 3.8) is 0 Å². The molecular formula is C12H10ClN3O3S. The number of anilines is 1. The Morgan fingerprint density at radius 1 is 1.25 bits per heavy atom. The van der Waals surface area contributed by atoms with Gasteiger partial charge >= 0.3 is 0 Å². The first-order valence-electron chi connectivity index (χ1n) is 5.50. The summed E-state index contributed by atoms with van der Waals surface area (Å²) in [6, 6.07) is 6.19. The highest BCUT2D eigenvalue weighted by molar-refractivity contribution is 7.92. The SMILES string of the molecule is CC(=O)c1cccc(NS(=O)(=O)c2cnc(Cl)nc2)c1. The van der Waals surface area contributed by atoms with Crippen molar-refractivity contribution in [3.05, 3.63) is 47.5 Å². The van der Waals surface area contributed by atoms with Gasteiger partial charge in [0, 0.05) is 11.3 Å². The fourth-order valence-corrected chi connectivity index (χ4v) is 2.49. The van der Waals surface area contributed by atoms with Gasteiger partial charge in [0.1, 0.15) is 4.90 Å². The molecule has 0 saturated heterocycles. The van der Waals surface area contributed by atoms with Gasteiger partial charge in [0.15, 0.2) is 5.78 Å². The number of aromatic nitrogens is 2. The molecule has 20 heavy (non-hydrogen) atoms. The minimum Gasteiger partial charge on any atom is -0.295 e. The second kappa shape index (κ2) is 5.56. The summed E-state index contributed by atoms with van der Waals surface area (Å²) in [5.74, 6) is -0.152. The number of hydrogen-bond acceptors (Lipinski definition) is 5. The van der Waals surface area contributed by atoms with Crippen LogP contribution in [0.4, 0.5) is 5.69 Å². The lowest BCUT2D eigenvalue weighted by atomic mass is 10.1. The third-order valence-electron chi connectivity index (χ3n) is 2.43. The number of Topliss-reactive ketones (excluding diaryl/α,β-unsaturated/α-hetero) is 1. The van der Waals surface area contributed by atoms with E-state index in [0.717, 1.165) is 12.4 Å². The van der Waals surface area contributed by atoms with Crippen LogP contribution in [0.2, 0.25) is 5.28 Å². The number of nitrogens with zero attached hydrogens (tertiary/aromatic N) is 2. The molecule has 1 heterocycles. The maximum absolute atomic E-state index is 12.1. The van der Waals surface area contributed by atoms with Gasteiger partial charge in [0.25, 0.3) is 10.0 Å². The van der Waals surface area contributed by atoms with E-state index in [4.69, 9.17) is 11.6 Å². The Bertz CT molecular complexity index is 745. The zero-order valence-electron chi connectivity index (χ0n) is 10.4. The Hall–Kier alpha value is -1.99. The molecule has 0 amide bonds.